The first-order valence-electron chi connectivity index (χ1n) is 11.8. The highest BCUT2D eigenvalue weighted by molar-refractivity contribution is 6.30. The third-order valence-corrected chi connectivity index (χ3v) is 7.51. The highest BCUT2D eigenvalue weighted by Crippen LogP contribution is 2.39. The third-order valence-electron chi connectivity index (χ3n) is 7.22. The number of nitrogens with zero attached hydrogens (tertiary/aromatic N) is 6. The molecule has 2 fully saturated rings. The number of halogens is 3. The summed E-state index contributed by atoms with van der Waals surface area (Å²) in [5, 5.41) is 46.7. The molecule has 2 aromatic heterocycles. The molecule has 3 heterocycles. The van der Waals surface area contributed by atoms with Crippen LogP contribution in [-0.2, 0) is 21.4 Å². The first-order chi connectivity index (χ1) is 17.6. The summed E-state index contributed by atoms with van der Waals surface area (Å²) < 4.78 is 43.2. The number of aliphatic hydroxyl groups is 3. The Morgan fingerprint density at radius 2 is 1.89 bits per heavy atom. The number of aromatic nitrogens is 6. The second kappa shape index (κ2) is 9.97. The van der Waals surface area contributed by atoms with Crippen LogP contribution in [0.15, 0.2) is 24.5 Å². The normalized spacial score (nSPS) is 31.9. The molecule has 200 valence electrons. The molecule has 3 aromatic rings. The van der Waals surface area contributed by atoms with E-state index in [-0.39, 0.29) is 34.3 Å². The molecule has 1 aliphatic heterocycles. The van der Waals surface area contributed by atoms with Crippen LogP contribution in [0.1, 0.15) is 31.5 Å². The van der Waals surface area contributed by atoms with Gasteiger partial charge < -0.3 is 24.8 Å². The maximum Gasteiger partial charge on any atom is 0.178 e. The van der Waals surface area contributed by atoms with Crippen LogP contribution in [-0.4, -0.2) is 89.5 Å². The van der Waals surface area contributed by atoms with Crippen LogP contribution in [0.3, 0.4) is 0 Å². The Labute approximate surface area is 215 Å². The molecule has 37 heavy (non-hydrogen) atoms. The fourth-order valence-electron chi connectivity index (χ4n) is 5.20. The van der Waals surface area contributed by atoms with Crippen molar-refractivity contribution in [1.82, 2.24) is 30.0 Å². The zero-order valence-corrected chi connectivity index (χ0v) is 20.8. The van der Waals surface area contributed by atoms with E-state index in [0.29, 0.717) is 18.5 Å². The summed E-state index contributed by atoms with van der Waals surface area (Å²) in [5.41, 5.74) is 0.153. The van der Waals surface area contributed by atoms with Crippen molar-refractivity contribution in [2.24, 2.45) is 0 Å². The lowest BCUT2D eigenvalue weighted by Gasteiger charge is -2.43. The maximum absolute atomic E-state index is 14.5. The lowest BCUT2D eigenvalue weighted by molar-refractivity contribution is -0.212. The van der Waals surface area contributed by atoms with Crippen LogP contribution < -0.4 is 0 Å². The Hall–Kier alpha value is -2.55. The molecule has 1 saturated carbocycles. The summed E-state index contributed by atoms with van der Waals surface area (Å²) >= 11 is 5.65. The molecule has 5 unspecified atom stereocenters. The fourth-order valence-corrected chi connectivity index (χ4v) is 5.35. The smallest absolute Gasteiger partial charge is 0.178 e. The molecule has 11 nitrogen and oxygen atoms in total. The van der Waals surface area contributed by atoms with E-state index in [1.807, 2.05) is 6.92 Å². The van der Waals surface area contributed by atoms with Crippen molar-refractivity contribution < 1.29 is 33.6 Å². The van der Waals surface area contributed by atoms with Crippen LogP contribution in [0, 0.1) is 11.6 Å². The van der Waals surface area contributed by atoms with E-state index in [9.17, 15) is 24.1 Å². The highest BCUT2D eigenvalue weighted by atomic mass is 35.5. The molecule has 5 rings (SSSR count). The van der Waals surface area contributed by atoms with Crippen LogP contribution in [0.5, 0.6) is 0 Å². The van der Waals surface area contributed by atoms with Crippen LogP contribution in [0.4, 0.5) is 8.78 Å². The number of hydrogen-bond acceptors (Lipinski definition) is 9. The van der Waals surface area contributed by atoms with E-state index in [1.54, 1.807) is 10.9 Å². The molecule has 0 radical (unpaired) electrons. The zero-order chi connectivity index (χ0) is 26.5. The number of ether oxygens (including phenoxy) is 2. The SMILES string of the molecule is COC1C(Cc2cn(C3(C)CC(O)C3)nn2)OC(CO)C(O)C1n1cc(-c2ccc(Cl)c(F)c2F)nn1. The lowest BCUT2D eigenvalue weighted by Crippen LogP contribution is -2.57. The summed E-state index contributed by atoms with van der Waals surface area (Å²) in [7, 11) is 1.44. The molecule has 1 saturated heterocycles. The van der Waals surface area contributed by atoms with Gasteiger partial charge in [-0.2, -0.15) is 0 Å². The van der Waals surface area contributed by atoms with E-state index >= 15 is 0 Å². The minimum Gasteiger partial charge on any atom is -0.394 e. The van der Waals surface area contributed by atoms with Gasteiger partial charge in [0.15, 0.2) is 11.6 Å². The summed E-state index contributed by atoms with van der Waals surface area (Å²) in [5.74, 6) is -2.37. The number of benzene rings is 1. The zero-order valence-electron chi connectivity index (χ0n) is 20.1. The van der Waals surface area contributed by atoms with Gasteiger partial charge in [-0.15, -0.1) is 10.2 Å². The van der Waals surface area contributed by atoms with E-state index in [4.69, 9.17) is 21.1 Å². The van der Waals surface area contributed by atoms with Gasteiger partial charge in [-0.1, -0.05) is 22.0 Å². The molecular formula is C23H27ClF2N6O5. The second-order valence-corrected chi connectivity index (χ2v) is 10.2. The summed E-state index contributed by atoms with van der Waals surface area (Å²) in [6.45, 7) is 1.50. The molecule has 1 aliphatic carbocycles. The third kappa shape index (κ3) is 4.64. The quantitative estimate of drug-likeness (QED) is 0.378. The fraction of sp³-hybridized carbons (Fsp3) is 0.565. The minimum atomic E-state index is -1.25. The van der Waals surface area contributed by atoms with Gasteiger partial charge in [-0.05, 0) is 31.9 Å². The van der Waals surface area contributed by atoms with Gasteiger partial charge in [0.2, 0.25) is 0 Å². The van der Waals surface area contributed by atoms with Crippen molar-refractivity contribution in [3.63, 3.8) is 0 Å². The van der Waals surface area contributed by atoms with Crippen molar-refractivity contribution in [1.29, 1.82) is 0 Å². The maximum atomic E-state index is 14.5. The predicted octanol–water partition coefficient (Wildman–Crippen LogP) is 1.26. The van der Waals surface area contributed by atoms with E-state index < -0.39 is 48.7 Å². The predicted molar refractivity (Wildman–Crippen MR) is 125 cm³/mol. The minimum absolute atomic E-state index is 0.0255. The Balaban J connectivity index is 1.42. The molecule has 1 aromatic carbocycles. The van der Waals surface area contributed by atoms with E-state index in [0.717, 1.165) is 0 Å². The topological polar surface area (TPSA) is 141 Å². The molecule has 14 heteroatoms. The van der Waals surface area contributed by atoms with Gasteiger partial charge in [0.1, 0.15) is 30.0 Å². The Bertz CT molecular complexity index is 1270. The monoisotopic (exact) mass is 540 g/mol. The Morgan fingerprint density at radius 3 is 2.57 bits per heavy atom. The van der Waals surface area contributed by atoms with Crippen LogP contribution >= 0.6 is 11.6 Å². The molecule has 2 aliphatic rings. The number of hydrogen-bond donors (Lipinski definition) is 3. The van der Waals surface area contributed by atoms with Gasteiger partial charge in [0, 0.05) is 25.3 Å². The second-order valence-electron chi connectivity index (χ2n) is 9.80. The van der Waals surface area contributed by atoms with Crippen molar-refractivity contribution in [3.8, 4) is 11.3 Å². The summed E-state index contributed by atoms with van der Waals surface area (Å²) in [4.78, 5) is 0. The molecule has 0 bridgehead atoms. The molecule has 0 amide bonds. The van der Waals surface area contributed by atoms with Gasteiger partial charge in [0.25, 0.3) is 0 Å². The van der Waals surface area contributed by atoms with Gasteiger partial charge >= 0.3 is 0 Å². The number of aliphatic hydroxyl groups excluding tert-OH is 3. The first kappa shape index (κ1) is 26.1. The number of methoxy groups -OCH3 is 1. The van der Waals surface area contributed by atoms with Crippen molar-refractivity contribution in [2.45, 2.75) is 68.3 Å². The highest BCUT2D eigenvalue weighted by Gasteiger charge is 2.48. The Morgan fingerprint density at radius 1 is 1.14 bits per heavy atom. The van der Waals surface area contributed by atoms with Crippen molar-refractivity contribution in [3.05, 3.63) is 46.9 Å². The molecule has 3 N–H and O–H groups in total. The van der Waals surface area contributed by atoms with Crippen molar-refractivity contribution in [2.75, 3.05) is 13.7 Å². The molecule has 5 atom stereocenters. The van der Waals surface area contributed by atoms with Gasteiger partial charge in [-0.3, -0.25) is 0 Å². The standard InChI is InChI=1S/C23H27ClF2N6O5/c1-23(6-12(34)7-23)32-8-11(27-30-32)5-16-22(36-2)20(21(35)17(10-33)37-16)31-9-15(28-29-31)13-3-4-14(24)19(26)18(13)25/h3-4,8-9,12,16-17,20-22,33-35H,5-7,10H2,1-2H3. The van der Waals surface area contributed by atoms with Gasteiger partial charge in [-0.25, -0.2) is 18.1 Å². The largest absolute Gasteiger partial charge is 0.394 e. The molecule has 0 spiro atoms. The van der Waals surface area contributed by atoms with E-state index in [2.05, 4.69) is 20.6 Å². The van der Waals surface area contributed by atoms with Crippen LogP contribution in [0.2, 0.25) is 5.02 Å². The van der Waals surface area contributed by atoms with E-state index in [1.165, 1.54) is 30.1 Å². The lowest BCUT2D eigenvalue weighted by atomic mass is 9.76. The summed E-state index contributed by atoms with van der Waals surface area (Å²) in [6, 6.07) is 1.62. The van der Waals surface area contributed by atoms with Crippen molar-refractivity contribution >= 4 is 11.6 Å². The Kier molecular flexibility index (Phi) is 7.02. The first-order valence-corrected chi connectivity index (χ1v) is 12.2. The molecular weight excluding hydrogens is 514 g/mol. The summed E-state index contributed by atoms with van der Waals surface area (Å²) in [6.07, 6.45) is 0.497. The average Bonchev–Trinajstić information content (AvgIpc) is 3.52. The number of rotatable bonds is 7. The van der Waals surface area contributed by atoms with Gasteiger partial charge in [0.05, 0.1) is 41.3 Å². The average molecular weight is 541 g/mol. The van der Waals surface area contributed by atoms with Crippen LogP contribution in [0.25, 0.3) is 11.3 Å².